The molecule has 0 spiro atoms. The predicted octanol–water partition coefficient (Wildman–Crippen LogP) is 17.3. The van der Waals surface area contributed by atoms with Crippen LogP contribution in [0.25, 0.3) is 0 Å². The fourth-order valence-electron chi connectivity index (χ4n) is 11.7. The Morgan fingerprint density at radius 2 is 0.652 bits per heavy atom. The summed E-state index contributed by atoms with van der Waals surface area (Å²) in [4.78, 5) is 76.1. The van der Waals surface area contributed by atoms with Gasteiger partial charge in [-0.3, -0.25) is 19.2 Å². The molecule has 6 unspecified atom stereocenters. The molecule has 0 saturated carbocycles. The lowest BCUT2D eigenvalue weighted by molar-refractivity contribution is -0.903. The molecule has 2 N–H and O–H groups in total. The van der Waals surface area contributed by atoms with Crippen LogP contribution in [0.15, 0.2) is 24.3 Å². The fraction of sp³-hybridized carbons (Fsp3) is 0.868. The van der Waals surface area contributed by atoms with Crippen LogP contribution in [0, 0.1) is 0 Å². The molecule has 0 aliphatic carbocycles. The SMILES string of the molecule is CCCCCCCCCC(OC(=O)CCCCCCC/C=C\CC(O)C(CCCCC)OC(=O)C[N+](C)(CCCCCCCC)CCOC(C)=O)OC(=O)CCCCCCC/C=C\CC(O)C(CCCCC)OC(=O)C[N+](C)(CCCCCCCC)CCOC(C)=O. The third-order valence-electron chi connectivity index (χ3n) is 17.8. The first kappa shape index (κ1) is 88.1. The molecule has 0 bridgehead atoms. The molecule has 0 heterocycles. The number of unbranched alkanes of at least 4 members (excludes halogenated alkanes) is 30. The minimum atomic E-state index is -0.863. The van der Waals surface area contributed by atoms with Gasteiger partial charge in [0.1, 0.15) is 38.5 Å². The molecule has 0 aromatic rings. The molecular weight excluding hydrogens is 1160 g/mol. The first-order valence-corrected chi connectivity index (χ1v) is 37.7. The van der Waals surface area contributed by atoms with Crippen molar-refractivity contribution in [2.75, 3.05) is 66.6 Å². The summed E-state index contributed by atoms with van der Waals surface area (Å²) in [5, 5.41) is 22.5. The molecule has 0 aliphatic heterocycles. The molecule has 0 rings (SSSR count). The Bertz CT molecular complexity index is 1760. The Morgan fingerprint density at radius 3 is 1.01 bits per heavy atom. The molecule has 0 saturated heterocycles. The van der Waals surface area contributed by atoms with Gasteiger partial charge >= 0.3 is 35.8 Å². The Morgan fingerprint density at radius 1 is 0.348 bits per heavy atom. The van der Waals surface area contributed by atoms with E-state index < -0.39 is 30.7 Å². The Labute approximate surface area is 562 Å². The quantitative estimate of drug-likeness (QED) is 0.0146. The van der Waals surface area contributed by atoms with Crippen LogP contribution in [-0.2, 0) is 57.2 Å². The van der Waals surface area contributed by atoms with Gasteiger partial charge in [-0.1, -0.05) is 213 Å². The minimum absolute atomic E-state index is 0.162. The topological polar surface area (TPSA) is 198 Å². The minimum Gasteiger partial charge on any atom is -0.460 e. The van der Waals surface area contributed by atoms with Crippen molar-refractivity contribution in [3.63, 3.8) is 0 Å². The number of carbonyl (C=O) groups excluding carboxylic acids is 6. The van der Waals surface area contributed by atoms with Crippen LogP contribution in [0.5, 0.6) is 0 Å². The van der Waals surface area contributed by atoms with Crippen LogP contribution >= 0.6 is 0 Å². The summed E-state index contributed by atoms with van der Waals surface area (Å²) < 4.78 is 35.0. The molecule has 0 radical (unpaired) electrons. The highest BCUT2D eigenvalue weighted by molar-refractivity contribution is 5.72. The largest absolute Gasteiger partial charge is 0.460 e. The Balaban J connectivity index is 5.01. The zero-order chi connectivity index (χ0) is 68.2. The van der Waals surface area contributed by atoms with E-state index in [1.165, 1.54) is 90.9 Å². The number of likely N-dealkylation sites (N-methyl/N-ethyl adjacent to an activating group) is 2. The van der Waals surface area contributed by atoms with Gasteiger partial charge in [-0.05, 0) is 109 Å². The van der Waals surface area contributed by atoms with E-state index in [4.69, 9.17) is 28.4 Å². The highest BCUT2D eigenvalue weighted by atomic mass is 16.7. The molecule has 538 valence electrons. The van der Waals surface area contributed by atoms with Crippen LogP contribution < -0.4 is 0 Å². The van der Waals surface area contributed by atoms with Gasteiger partial charge in [0.2, 0.25) is 6.29 Å². The third-order valence-corrected chi connectivity index (χ3v) is 17.8. The second-order valence-electron chi connectivity index (χ2n) is 27.2. The van der Waals surface area contributed by atoms with Crippen molar-refractivity contribution >= 4 is 35.8 Å². The number of hydrogen-bond acceptors (Lipinski definition) is 14. The van der Waals surface area contributed by atoms with Gasteiger partial charge in [0.25, 0.3) is 0 Å². The molecule has 0 fully saturated rings. The lowest BCUT2D eigenvalue weighted by Gasteiger charge is -2.34. The second kappa shape index (κ2) is 60.8. The summed E-state index contributed by atoms with van der Waals surface area (Å²) in [6, 6.07) is 0. The number of esters is 6. The Hall–Kier alpha value is -3.86. The summed E-state index contributed by atoms with van der Waals surface area (Å²) in [5.41, 5.74) is 0. The van der Waals surface area contributed by atoms with Crippen LogP contribution in [0.2, 0.25) is 0 Å². The summed E-state index contributed by atoms with van der Waals surface area (Å²) >= 11 is 0. The molecule has 92 heavy (non-hydrogen) atoms. The highest BCUT2D eigenvalue weighted by Crippen LogP contribution is 2.21. The van der Waals surface area contributed by atoms with Crippen LogP contribution in [-0.4, -0.2) is 152 Å². The molecule has 0 aromatic heterocycles. The van der Waals surface area contributed by atoms with Crippen molar-refractivity contribution in [3.05, 3.63) is 24.3 Å². The molecule has 16 nitrogen and oxygen atoms in total. The van der Waals surface area contributed by atoms with Crippen molar-refractivity contribution < 1.29 is 76.4 Å². The van der Waals surface area contributed by atoms with Gasteiger partial charge in [0.05, 0.1) is 39.4 Å². The zero-order valence-electron chi connectivity index (χ0n) is 60.7. The van der Waals surface area contributed by atoms with E-state index in [-0.39, 0.29) is 75.0 Å². The van der Waals surface area contributed by atoms with Gasteiger partial charge in [-0.2, -0.15) is 0 Å². The maximum absolute atomic E-state index is 13.5. The lowest BCUT2D eigenvalue weighted by Crippen LogP contribution is -2.51. The first-order chi connectivity index (χ1) is 44.4. The van der Waals surface area contributed by atoms with E-state index in [1.807, 2.05) is 26.2 Å². The summed E-state index contributed by atoms with van der Waals surface area (Å²) in [7, 11) is 4.05. The van der Waals surface area contributed by atoms with Crippen molar-refractivity contribution in [2.24, 2.45) is 0 Å². The predicted molar refractivity (Wildman–Crippen MR) is 372 cm³/mol. The number of allylic oxidation sites excluding steroid dienone is 2. The van der Waals surface area contributed by atoms with Crippen LogP contribution in [0.3, 0.4) is 0 Å². The van der Waals surface area contributed by atoms with Gasteiger partial charge in [0.15, 0.2) is 13.1 Å². The van der Waals surface area contributed by atoms with E-state index in [2.05, 4.69) is 46.8 Å². The van der Waals surface area contributed by atoms with Gasteiger partial charge in [-0.25, -0.2) is 9.59 Å². The first-order valence-electron chi connectivity index (χ1n) is 37.7. The number of nitrogens with zero attached hydrogens (tertiary/aromatic N) is 2. The molecule has 6 atom stereocenters. The van der Waals surface area contributed by atoms with Gasteiger partial charge in [-0.15, -0.1) is 0 Å². The number of aliphatic hydroxyl groups is 2. The van der Waals surface area contributed by atoms with Gasteiger partial charge < -0.3 is 47.6 Å². The maximum atomic E-state index is 13.5. The lowest BCUT2D eigenvalue weighted by atomic mass is 10.0. The smallest absolute Gasteiger partial charge is 0.362 e. The van der Waals surface area contributed by atoms with E-state index >= 15 is 0 Å². The van der Waals surface area contributed by atoms with Crippen LogP contribution in [0.1, 0.15) is 331 Å². The van der Waals surface area contributed by atoms with Gasteiger partial charge in [0, 0.05) is 33.1 Å². The number of carbonyl (C=O) groups is 6. The van der Waals surface area contributed by atoms with E-state index in [9.17, 15) is 39.0 Å². The average molecular weight is 1310 g/mol. The normalized spacial score (nSPS) is 14.7. The molecule has 0 aliphatic rings. The van der Waals surface area contributed by atoms with E-state index in [1.54, 1.807) is 0 Å². The summed E-state index contributed by atoms with van der Waals surface area (Å²) in [6.07, 6.45) is 45.8. The third kappa shape index (κ3) is 54.4. The number of quaternary nitrogens is 2. The van der Waals surface area contributed by atoms with Crippen molar-refractivity contribution in [2.45, 2.75) is 362 Å². The number of aliphatic hydroxyl groups excluding tert-OH is 2. The molecule has 0 aromatic carbocycles. The fourth-order valence-corrected chi connectivity index (χ4v) is 11.7. The molecule has 0 amide bonds. The summed E-state index contributed by atoms with van der Waals surface area (Å²) in [5.74, 6) is -1.97. The molecular formula is C76H142N2O14+2. The number of rotatable bonds is 66. The van der Waals surface area contributed by atoms with Crippen molar-refractivity contribution in [1.29, 1.82) is 0 Å². The van der Waals surface area contributed by atoms with Crippen molar-refractivity contribution in [3.8, 4) is 0 Å². The van der Waals surface area contributed by atoms with E-state index in [0.717, 1.165) is 161 Å². The highest BCUT2D eigenvalue weighted by Gasteiger charge is 2.32. The van der Waals surface area contributed by atoms with E-state index in [0.29, 0.717) is 67.0 Å². The number of hydrogen-bond donors (Lipinski definition) is 2. The zero-order valence-corrected chi connectivity index (χ0v) is 60.7. The van der Waals surface area contributed by atoms with Crippen molar-refractivity contribution in [1.82, 2.24) is 0 Å². The Kier molecular flexibility index (Phi) is 58.2. The standard InChI is InChI=1S/C76H142N2O14/c1-10-15-20-23-30-39-48-57-76(91-72(83)55-46-37-33-28-26-31-35-44-51-68(81)70(53-42-18-13-4)89-74(85)64-77(8,60-62-87-66(6)79)58-49-40-24-21-16-11-2)92-73(84)56-47-38-34-29-27-32-36-45-52-69(82)71(54-43-19-14-5)90-75(86)65-78(9,61-63-88-67(7)80)59-50-41-25-22-17-12-3/h35-36,44-45,68-71,76,81-82H,10-34,37-43,46-65H2,1-9H3/q+2/b44-35-,45-36-. The average Bonchev–Trinajstić information content (AvgIpc) is 2.23. The van der Waals surface area contributed by atoms with Crippen LogP contribution in [0.4, 0.5) is 0 Å². The second-order valence-corrected chi connectivity index (χ2v) is 27.2. The monoisotopic (exact) mass is 1310 g/mol. The summed E-state index contributed by atoms with van der Waals surface area (Å²) in [6.45, 7) is 17.1. The molecule has 16 heteroatoms. The maximum Gasteiger partial charge on any atom is 0.362 e. The number of ether oxygens (including phenoxy) is 6.